The van der Waals surface area contributed by atoms with Crippen LogP contribution < -0.4 is 4.57 Å². The number of aromatic nitrogens is 1. The molecule has 1 heterocycles. The van der Waals surface area contributed by atoms with E-state index in [0.717, 1.165) is 17.8 Å². The molecule has 0 amide bonds. The molecular formula is C25H28N+. The van der Waals surface area contributed by atoms with Crippen LogP contribution in [-0.4, -0.2) is 0 Å². The number of hydrogen-bond donors (Lipinski definition) is 0. The third-order valence-electron chi connectivity index (χ3n) is 7.04. The Kier molecular flexibility index (Phi) is 3.85. The molecule has 132 valence electrons. The summed E-state index contributed by atoms with van der Waals surface area (Å²) in [4.78, 5) is 0. The zero-order valence-corrected chi connectivity index (χ0v) is 15.9. The van der Waals surface area contributed by atoms with E-state index in [1.165, 1.54) is 59.7 Å². The first-order valence-corrected chi connectivity index (χ1v) is 10.2. The lowest BCUT2D eigenvalue weighted by molar-refractivity contribution is -0.659. The lowest BCUT2D eigenvalue weighted by Gasteiger charge is -2.42. The largest absolute Gasteiger partial charge is 0.220 e. The van der Waals surface area contributed by atoms with Crippen LogP contribution in [0, 0.1) is 18.8 Å². The number of fused-ring (bicyclic) bond motifs is 4. The molecule has 6 rings (SSSR count). The minimum atomic E-state index is 0.794. The van der Waals surface area contributed by atoms with Crippen molar-refractivity contribution in [2.24, 2.45) is 18.9 Å². The fourth-order valence-corrected chi connectivity index (χ4v) is 5.58. The molecule has 1 atom stereocenters. The molecule has 0 radical (unpaired) electrons. The van der Waals surface area contributed by atoms with Crippen molar-refractivity contribution in [1.29, 1.82) is 0 Å². The van der Waals surface area contributed by atoms with Gasteiger partial charge in [0.25, 0.3) is 0 Å². The number of aryl methyl sites for hydroxylation is 2. The number of benzene rings is 2. The average Bonchev–Trinajstić information content (AvgIpc) is 2.69. The smallest absolute Gasteiger partial charge is 0.200 e. The standard InChI is InChI=1S/C25H28N/c1-17-5-3-4-6-22(17)25-23-12-11-20(16-21(23)13-14-26(25)2)24-15-18-7-9-19(24)10-8-18/h3-6,11-14,16,18-19,24H,7-10,15H2,1-2H3/q+1. The van der Waals surface area contributed by atoms with Gasteiger partial charge in [0.05, 0.1) is 5.39 Å². The van der Waals surface area contributed by atoms with E-state index in [1.54, 1.807) is 5.56 Å². The monoisotopic (exact) mass is 342 g/mol. The Bertz CT molecular complexity index is 963. The topological polar surface area (TPSA) is 3.88 Å². The number of hydrogen-bond acceptors (Lipinski definition) is 0. The van der Waals surface area contributed by atoms with E-state index in [4.69, 9.17) is 0 Å². The Morgan fingerprint density at radius 3 is 2.46 bits per heavy atom. The van der Waals surface area contributed by atoms with Gasteiger partial charge in [-0.3, -0.25) is 0 Å². The van der Waals surface area contributed by atoms with Crippen LogP contribution in [0.15, 0.2) is 54.7 Å². The van der Waals surface area contributed by atoms with Gasteiger partial charge in [0, 0.05) is 11.6 Å². The van der Waals surface area contributed by atoms with Gasteiger partial charge in [0.1, 0.15) is 7.05 Å². The van der Waals surface area contributed by atoms with Gasteiger partial charge in [-0.25, -0.2) is 4.57 Å². The number of nitrogens with zero attached hydrogens (tertiary/aromatic N) is 1. The normalized spacial score (nSPS) is 24.9. The average molecular weight is 343 g/mol. The van der Waals surface area contributed by atoms with Crippen molar-refractivity contribution in [2.75, 3.05) is 0 Å². The van der Waals surface area contributed by atoms with Crippen molar-refractivity contribution < 1.29 is 4.57 Å². The van der Waals surface area contributed by atoms with Crippen LogP contribution in [0.5, 0.6) is 0 Å². The lowest BCUT2D eigenvalue weighted by Crippen LogP contribution is -2.31. The van der Waals surface area contributed by atoms with Crippen LogP contribution in [0.25, 0.3) is 22.0 Å². The summed E-state index contributed by atoms with van der Waals surface area (Å²) in [6.07, 6.45) is 9.49. The van der Waals surface area contributed by atoms with E-state index in [-0.39, 0.29) is 0 Å². The maximum absolute atomic E-state index is 2.49. The zero-order chi connectivity index (χ0) is 17.7. The van der Waals surface area contributed by atoms with Gasteiger partial charge in [0.15, 0.2) is 6.20 Å². The van der Waals surface area contributed by atoms with Crippen molar-refractivity contribution in [3.8, 4) is 11.3 Å². The maximum Gasteiger partial charge on any atom is 0.220 e. The molecule has 1 unspecified atom stereocenters. The molecule has 1 nitrogen and oxygen atoms in total. The van der Waals surface area contributed by atoms with Crippen molar-refractivity contribution in [2.45, 2.75) is 44.9 Å². The molecule has 3 aromatic rings. The second kappa shape index (κ2) is 6.23. The predicted molar refractivity (Wildman–Crippen MR) is 108 cm³/mol. The molecule has 1 aromatic heterocycles. The predicted octanol–water partition coefficient (Wildman–Crippen LogP) is 5.93. The van der Waals surface area contributed by atoms with Crippen molar-refractivity contribution in [3.05, 3.63) is 65.9 Å². The van der Waals surface area contributed by atoms with Crippen LogP contribution >= 0.6 is 0 Å². The first-order chi connectivity index (χ1) is 12.7. The molecule has 3 fully saturated rings. The van der Waals surface area contributed by atoms with Gasteiger partial charge in [-0.15, -0.1) is 0 Å². The van der Waals surface area contributed by atoms with Crippen molar-refractivity contribution in [3.63, 3.8) is 0 Å². The Hall–Kier alpha value is -2.15. The third-order valence-corrected chi connectivity index (χ3v) is 7.04. The minimum absolute atomic E-state index is 0.794. The lowest BCUT2D eigenvalue weighted by atomic mass is 9.63. The van der Waals surface area contributed by atoms with Crippen molar-refractivity contribution in [1.82, 2.24) is 0 Å². The van der Waals surface area contributed by atoms with Gasteiger partial charge in [0.2, 0.25) is 5.69 Å². The Morgan fingerprint density at radius 2 is 1.73 bits per heavy atom. The minimum Gasteiger partial charge on any atom is -0.200 e. The van der Waals surface area contributed by atoms with E-state index in [2.05, 4.69) is 73.3 Å². The molecule has 0 saturated heterocycles. The maximum atomic E-state index is 2.49. The Balaban J connectivity index is 1.63. The molecule has 3 aliphatic rings. The fourth-order valence-electron chi connectivity index (χ4n) is 5.58. The Morgan fingerprint density at radius 1 is 0.923 bits per heavy atom. The fraction of sp³-hybridized carbons (Fsp3) is 0.400. The highest BCUT2D eigenvalue weighted by molar-refractivity contribution is 5.94. The number of pyridine rings is 1. The molecule has 0 N–H and O–H groups in total. The summed E-state index contributed by atoms with van der Waals surface area (Å²) in [5.41, 5.74) is 5.59. The zero-order valence-electron chi connectivity index (χ0n) is 15.9. The van der Waals surface area contributed by atoms with Gasteiger partial charge < -0.3 is 0 Å². The van der Waals surface area contributed by atoms with Crippen molar-refractivity contribution >= 4 is 10.8 Å². The number of rotatable bonds is 2. The second-order valence-corrected chi connectivity index (χ2v) is 8.56. The van der Waals surface area contributed by atoms with E-state index in [1.807, 2.05) is 0 Å². The van der Waals surface area contributed by atoms with Gasteiger partial charge >= 0.3 is 0 Å². The summed E-state index contributed by atoms with van der Waals surface area (Å²) in [5.74, 6) is 2.70. The molecular weight excluding hydrogens is 314 g/mol. The first-order valence-electron chi connectivity index (χ1n) is 10.2. The molecule has 2 bridgehead atoms. The first kappa shape index (κ1) is 16.1. The summed E-state index contributed by atoms with van der Waals surface area (Å²) in [6.45, 7) is 2.21. The summed E-state index contributed by atoms with van der Waals surface area (Å²) in [7, 11) is 2.16. The van der Waals surface area contributed by atoms with Crippen LogP contribution in [0.3, 0.4) is 0 Å². The molecule has 1 heteroatoms. The molecule has 2 aromatic carbocycles. The third kappa shape index (κ3) is 2.57. The van der Waals surface area contributed by atoms with Gasteiger partial charge in [-0.1, -0.05) is 43.2 Å². The van der Waals surface area contributed by atoms with E-state index < -0.39 is 0 Å². The van der Waals surface area contributed by atoms with Crippen LogP contribution in [-0.2, 0) is 7.05 Å². The highest BCUT2D eigenvalue weighted by Gasteiger charge is 2.36. The van der Waals surface area contributed by atoms with Gasteiger partial charge in [-0.2, -0.15) is 0 Å². The quantitative estimate of drug-likeness (QED) is 0.508. The van der Waals surface area contributed by atoms with Crippen LogP contribution in [0.2, 0.25) is 0 Å². The van der Waals surface area contributed by atoms with E-state index in [0.29, 0.717) is 0 Å². The van der Waals surface area contributed by atoms with Crippen LogP contribution in [0.1, 0.15) is 49.1 Å². The summed E-state index contributed by atoms with van der Waals surface area (Å²) >= 11 is 0. The summed E-state index contributed by atoms with van der Waals surface area (Å²) in [6, 6.07) is 18.3. The molecule has 3 aliphatic carbocycles. The van der Waals surface area contributed by atoms with Gasteiger partial charge in [-0.05, 0) is 72.6 Å². The van der Waals surface area contributed by atoms with E-state index in [9.17, 15) is 0 Å². The molecule has 0 spiro atoms. The molecule has 3 saturated carbocycles. The summed E-state index contributed by atoms with van der Waals surface area (Å²) in [5, 5.41) is 2.76. The summed E-state index contributed by atoms with van der Waals surface area (Å²) < 4.78 is 2.27. The molecule has 0 aliphatic heterocycles. The molecule has 26 heavy (non-hydrogen) atoms. The SMILES string of the molecule is Cc1ccccc1-c1c2ccc(C3CC4CCC3CC4)cc2cc[n+]1C. The highest BCUT2D eigenvalue weighted by atomic mass is 14.9. The van der Waals surface area contributed by atoms with E-state index >= 15 is 0 Å². The van der Waals surface area contributed by atoms with Crippen LogP contribution in [0.4, 0.5) is 0 Å². The highest BCUT2D eigenvalue weighted by Crippen LogP contribution is 2.50. The second-order valence-electron chi connectivity index (χ2n) is 8.56. The Labute approximate surface area is 156 Å².